The van der Waals surface area contributed by atoms with Crippen LogP contribution in [0.2, 0.25) is 0 Å². The van der Waals surface area contributed by atoms with Gasteiger partial charge in [0.1, 0.15) is 195 Å². The van der Waals surface area contributed by atoms with E-state index in [1.807, 2.05) is 0 Å². The van der Waals surface area contributed by atoms with Crippen LogP contribution in [0.3, 0.4) is 0 Å². The predicted molar refractivity (Wildman–Crippen MR) is 421 cm³/mol. The van der Waals surface area contributed by atoms with Gasteiger partial charge in [0.25, 0.3) is 0 Å². The highest BCUT2D eigenvalue weighted by molar-refractivity contribution is 7.82. The second-order valence-corrected chi connectivity index (χ2v) is 38.8. The second-order valence-electron chi connectivity index (χ2n) is 30.1. The van der Waals surface area contributed by atoms with Crippen molar-refractivity contribution in [3.8, 4) is 0 Å². The van der Waals surface area contributed by atoms with Crippen LogP contribution in [0.4, 0.5) is 0 Å². The molecule has 72 heteroatoms. The number of hydrogen-bond acceptors (Lipinski definition) is 56. The molecule has 800 valence electrons. The van der Waals surface area contributed by atoms with Crippen molar-refractivity contribution in [2.24, 2.45) is 0 Å². The van der Waals surface area contributed by atoms with Crippen molar-refractivity contribution in [1.82, 2.24) is 0 Å². The maximum absolute atomic E-state index is 12.6. The molecule has 0 amide bonds. The van der Waals surface area contributed by atoms with Gasteiger partial charge in [0.2, 0.25) is 0 Å². The van der Waals surface area contributed by atoms with E-state index in [1.54, 1.807) is 0 Å². The Morgan fingerprint density at radius 1 is 0.147 bits per heavy atom. The summed E-state index contributed by atoms with van der Waals surface area (Å²) in [5.74, 6) is 0. The molecule has 30 saturated heterocycles. The van der Waals surface area contributed by atoms with Crippen LogP contribution in [-0.2, 0) is 268 Å². The molecule has 0 spiro atoms. The molecule has 0 radical (unpaired) electrons. The Bertz CT molecular complexity index is 3810. The standard InChI is InChI=1S/C64H112O64S8/c1-89-41-33-25(17-105-129(65,66)67)113-57(49(41)97-9)122-34-26(18-106-130(68,69)70)115-59(51(99-11)42(34)90-2)124-36-28(20-108-132(74,75)76)117-61(53(101-13)44(36)92-4)126-38-30(22-110-134(80,81)82)119-63(55(103-15)46(38)94-6)128-40-32(24-112-136(86,87)88)120-64(56(104-16)48(40)96-8)127-39-31(23-111-135(83,84)85)118-62(54(102-14)47(39)95-7)125-37-29(21-109-133(77,78)79)116-60(52(100-12)45(37)93-5)123-35-27(19-107-131(71,72)73)114-58(121-33)50(98-10)43(35)91-3/h25-64H,17-24H2,1-16H3,(H,65,66,67)(H,68,69,70)(H,71,72,73)(H,74,75,76)(H,77,78,79)(H,80,81,82)(H,83,84,85)(H,86,87,88). The monoisotopic (exact) mass is 2160 g/mol. The average Bonchev–Trinajstić information content (AvgIpc) is 0.757. The van der Waals surface area contributed by atoms with Crippen molar-refractivity contribution in [1.29, 1.82) is 0 Å². The SMILES string of the molecule is COC1C2OC(COS(=O)(=O)O)C(OC3OC(COS(=O)(=O)O)C(OC4OC(COS(=O)(=O)O)C(OC5OC(COS(=O)(=O)O)C(OC6OC(COS(=O)(=O)O)C(OC7OC(COS(=O)(=O)O)C(OC8OC(COS(=O)(=O)O)C(OC9OC(COS(=O)(=O)O)C(O2)C(OC)C9OC)C(OC)C8OC)C(OC)C7OC)C(OC)C6OC)C(OC)C5OC)C(OC)C4OC)C(OC)C3OC)C1OC. The highest BCUT2D eigenvalue weighted by atomic mass is 32.3. The van der Waals surface area contributed by atoms with E-state index >= 15 is 0 Å². The van der Waals surface area contributed by atoms with Crippen LogP contribution >= 0.6 is 0 Å². The summed E-state index contributed by atoms with van der Waals surface area (Å²) in [5.41, 5.74) is 0. The molecule has 0 aromatic heterocycles. The van der Waals surface area contributed by atoms with Crippen LogP contribution < -0.4 is 0 Å². The molecule has 16 bridgehead atoms. The van der Waals surface area contributed by atoms with Gasteiger partial charge < -0.3 is 152 Å². The quantitative estimate of drug-likeness (QED) is 0.0264. The van der Waals surface area contributed by atoms with Gasteiger partial charge in [-0.25, -0.2) is 33.5 Å². The fourth-order valence-corrected chi connectivity index (χ4v) is 19.3. The Balaban J connectivity index is 1.24. The summed E-state index contributed by atoms with van der Waals surface area (Å²) < 4.78 is 522. The van der Waals surface area contributed by atoms with Crippen molar-refractivity contribution >= 4 is 83.2 Å². The van der Waals surface area contributed by atoms with E-state index in [0.29, 0.717) is 0 Å². The first-order chi connectivity index (χ1) is 63.7. The summed E-state index contributed by atoms with van der Waals surface area (Å²) in [5, 5.41) is 0. The van der Waals surface area contributed by atoms with Gasteiger partial charge >= 0.3 is 83.2 Å². The molecule has 40 atom stereocenters. The lowest BCUT2D eigenvalue weighted by atomic mass is 9.94. The predicted octanol–water partition coefficient (Wildman–Crippen LogP) is -8.32. The number of rotatable bonds is 40. The van der Waals surface area contributed by atoms with Crippen molar-refractivity contribution in [3.63, 3.8) is 0 Å². The molecule has 0 saturated carbocycles. The first-order valence-electron chi connectivity index (χ1n) is 39.5. The van der Waals surface area contributed by atoms with E-state index in [2.05, 4.69) is 0 Å². The molecule has 136 heavy (non-hydrogen) atoms. The molecule has 30 rings (SSSR count). The minimum atomic E-state index is -5.55. The first kappa shape index (κ1) is 117. The zero-order chi connectivity index (χ0) is 101. The maximum Gasteiger partial charge on any atom is 0.397 e. The summed E-state index contributed by atoms with van der Waals surface area (Å²) in [6.45, 7) is -10.7. The van der Waals surface area contributed by atoms with Crippen LogP contribution in [-0.4, -0.2) is 516 Å². The van der Waals surface area contributed by atoms with E-state index in [9.17, 15) is 104 Å². The van der Waals surface area contributed by atoms with Crippen molar-refractivity contribution in [2.75, 3.05) is 167 Å². The van der Waals surface area contributed by atoms with Gasteiger partial charge in [0, 0.05) is 114 Å². The fraction of sp³-hybridized carbons (Fsp3) is 1.00. The lowest BCUT2D eigenvalue weighted by Crippen LogP contribution is -2.70. The van der Waals surface area contributed by atoms with Crippen LogP contribution in [0, 0.1) is 0 Å². The van der Waals surface area contributed by atoms with Gasteiger partial charge in [0.05, 0.1) is 52.9 Å². The summed E-state index contributed by atoms with van der Waals surface area (Å²) in [4.78, 5) is 0. The Labute approximate surface area is 780 Å². The van der Waals surface area contributed by atoms with Gasteiger partial charge in [-0.2, -0.15) is 67.3 Å². The minimum Gasteiger partial charge on any atom is -0.376 e. The van der Waals surface area contributed by atoms with Gasteiger partial charge in [-0.15, -0.1) is 0 Å². The van der Waals surface area contributed by atoms with Gasteiger partial charge in [-0.05, 0) is 0 Å². The second kappa shape index (κ2) is 50.4. The van der Waals surface area contributed by atoms with E-state index in [4.69, 9.17) is 185 Å². The van der Waals surface area contributed by atoms with Gasteiger partial charge in [-0.3, -0.25) is 36.4 Å². The highest BCUT2D eigenvalue weighted by Crippen LogP contribution is 2.45. The summed E-state index contributed by atoms with van der Waals surface area (Å²) in [6, 6.07) is 0. The zero-order valence-electron chi connectivity index (χ0n) is 74.5. The van der Waals surface area contributed by atoms with E-state index in [0.717, 1.165) is 114 Å². The topological polar surface area (TPSA) is 804 Å². The van der Waals surface area contributed by atoms with Crippen LogP contribution in [0.1, 0.15) is 0 Å². The molecule has 0 aromatic rings. The minimum absolute atomic E-state index is 1.02. The summed E-state index contributed by atoms with van der Waals surface area (Å²) >= 11 is 0. The lowest BCUT2D eigenvalue weighted by Gasteiger charge is -2.53. The average molecular weight is 2160 g/mol. The maximum atomic E-state index is 12.6. The molecule has 0 aliphatic carbocycles. The van der Waals surface area contributed by atoms with E-state index in [-0.39, 0.29) is 0 Å². The first-order valence-corrected chi connectivity index (χ1v) is 50.5. The van der Waals surface area contributed by atoms with Crippen molar-refractivity contribution in [2.45, 2.75) is 246 Å². The molecule has 30 aliphatic rings. The molecule has 40 unspecified atom stereocenters. The van der Waals surface area contributed by atoms with Gasteiger partial charge in [-0.1, -0.05) is 0 Å². The highest BCUT2D eigenvalue weighted by Gasteiger charge is 2.64. The van der Waals surface area contributed by atoms with Crippen molar-refractivity contribution < 1.29 is 289 Å². The number of hydrogen-bond donors (Lipinski definition) is 8. The number of ether oxygens (including phenoxy) is 32. The third-order valence-corrected chi connectivity index (χ3v) is 25.9. The lowest BCUT2D eigenvalue weighted by molar-refractivity contribution is -0.408. The molecular weight excluding hydrogens is 2050 g/mol. The number of methoxy groups -OCH3 is 16. The fourth-order valence-electron chi connectivity index (χ4n) is 16.9. The van der Waals surface area contributed by atoms with Gasteiger partial charge in [0.15, 0.2) is 50.3 Å². The Kier molecular flexibility index (Phi) is 43.4. The largest absolute Gasteiger partial charge is 0.397 e. The molecule has 64 nitrogen and oxygen atoms in total. The molecule has 30 aliphatic heterocycles. The molecule has 8 N–H and O–H groups in total. The van der Waals surface area contributed by atoms with Crippen molar-refractivity contribution in [3.05, 3.63) is 0 Å². The normalized spacial score (nSPS) is 41.0. The molecule has 30 heterocycles. The van der Waals surface area contributed by atoms with E-state index < -0.39 is 382 Å². The molecular formula is C64H112O64S8. The summed E-state index contributed by atoms with van der Waals surface area (Å²) in [7, 11) is -28.2. The smallest absolute Gasteiger partial charge is 0.376 e. The Hall–Kier alpha value is -2.32. The summed E-state index contributed by atoms with van der Waals surface area (Å²) in [6.07, 6.45) is -78.1. The Morgan fingerprint density at radius 3 is 0.294 bits per heavy atom. The van der Waals surface area contributed by atoms with Crippen LogP contribution in [0.15, 0.2) is 0 Å². The third kappa shape index (κ3) is 30.9. The molecule has 0 aromatic carbocycles. The molecule has 30 fully saturated rings. The Morgan fingerprint density at radius 2 is 0.228 bits per heavy atom. The zero-order valence-corrected chi connectivity index (χ0v) is 81.0. The van der Waals surface area contributed by atoms with Crippen LogP contribution in [0.25, 0.3) is 0 Å². The van der Waals surface area contributed by atoms with Crippen LogP contribution in [0.5, 0.6) is 0 Å². The van der Waals surface area contributed by atoms with E-state index in [1.165, 1.54) is 0 Å². The third-order valence-electron chi connectivity index (χ3n) is 22.5.